The molecule has 1 fully saturated rings. The van der Waals surface area contributed by atoms with Gasteiger partial charge in [-0.1, -0.05) is 11.9 Å². The zero-order valence-corrected chi connectivity index (χ0v) is 19.5. The van der Waals surface area contributed by atoms with Crippen molar-refractivity contribution in [1.82, 2.24) is 14.2 Å². The van der Waals surface area contributed by atoms with Gasteiger partial charge in [-0.2, -0.15) is 0 Å². The molecule has 182 valence electrons. The van der Waals surface area contributed by atoms with Crippen molar-refractivity contribution in [3.8, 4) is 5.75 Å². The van der Waals surface area contributed by atoms with Gasteiger partial charge in [0.1, 0.15) is 11.6 Å². The maximum absolute atomic E-state index is 15.6. The molecule has 5 rings (SSSR count). The van der Waals surface area contributed by atoms with Gasteiger partial charge in [0.15, 0.2) is 5.75 Å². The Labute approximate surface area is 199 Å². The number of nitrogens with zero attached hydrogens (tertiary/aromatic N) is 2. The second-order valence-electron chi connectivity index (χ2n) is 8.77. The lowest BCUT2D eigenvalue weighted by Gasteiger charge is -2.40. The molecule has 0 saturated carbocycles. The van der Waals surface area contributed by atoms with Crippen LogP contribution in [0.25, 0.3) is 10.9 Å². The Morgan fingerprint density at radius 1 is 1.21 bits per heavy atom. The van der Waals surface area contributed by atoms with E-state index in [1.807, 2.05) is 10.6 Å². The fourth-order valence-electron chi connectivity index (χ4n) is 5.09. The first kappa shape index (κ1) is 23.3. The minimum absolute atomic E-state index is 0.0740. The third kappa shape index (κ3) is 4.23. The molecule has 3 heterocycles. The van der Waals surface area contributed by atoms with E-state index in [2.05, 4.69) is 20.1 Å². The van der Waals surface area contributed by atoms with Crippen LogP contribution in [-0.4, -0.2) is 59.3 Å². The molecule has 2 N–H and O–H groups in total. The van der Waals surface area contributed by atoms with Crippen molar-refractivity contribution in [3.05, 3.63) is 58.8 Å². The summed E-state index contributed by atoms with van der Waals surface area (Å²) in [5.74, 6) is -1.13. The molecule has 1 unspecified atom stereocenters. The first-order valence-corrected chi connectivity index (χ1v) is 12.5. The Morgan fingerprint density at radius 2 is 2.03 bits per heavy atom. The van der Waals surface area contributed by atoms with E-state index in [4.69, 9.17) is 0 Å². The van der Waals surface area contributed by atoms with E-state index in [-0.39, 0.29) is 29.8 Å². The molecule has 0 bridgehead atoms. The number of likely N-dealkylation sites (tertiary alicyclic amines) is 1. The van der Waals surface area contributed by atoms with Crippen molar-refractivity contribution in [1.29, 1.82) is 0 Å². The van der Waals surface area contributed by atoms with Gasteiger partial charge in [0.25, 0.3) is 0 Å². The third-order valence-corrected chi connectivity index (χ3v) is 7.53. The van der Waals surface area contributed by atoms with E-state index < -0.39 is 11.9 Å². The van der Waals surface area contributed by atoms with Crippen molar-refractivity contribution in [2.75, 3.05) is 44.4 Å². The molecule has 1 saturated heterocycles. The molecule has 0 spiro atoms. The molecule has 0 amide bonds. The maximum atomic E-state index is 15.6. The number of anilines is 1. The molecular formula is C24H26F4N4OS. The second-order valence-corrected chi connectivity index (χ2v) is 9.61. The van der Waals surface area contributed by atoms with Gasteiger partial charge in [0.05, 0.1) is 24.3 Å². The Hall–Kier alpha value is -2.43. The fraction of sp³-hybridized carbons (Fsp3) is 0.417. The average molecular weight is 495 g/mol. The molecular weight excluding hydrogens is 468 g/mol. The SMILES string of the molecule is CSN1CCc2c([nH]c3ccc(F)cc23)C1c1c(F)cc(NC2CN(CCCF)C2)cc1OF. The van der Waals surface area contributed by atoms with Crippen LogP contribution in [0.1, 0.15) is 29.3 Å². The number of alkyl halides is 1. The van der Waals surface area contributed by atoms with Crippen LogP contribution in [0.3, 0.4) is 0 Å². The van der Waals surface area contributed by atoms with Gasteiger partial charge >= 0.3 is 0 Å². The predicted octanol–water partition coefficient (Wildman–Crippen LogP) is 5.39. The van der Waals surface area contributed by atoms with Crippen LogP contribution in [0, 0.1) is 11.6 Å². The van der Waals surface area contributed by atoms with Gasteiger partial charge in [-0.3, -0.25) is 14.2 Å². The van der Waals surface area contributed by atoms with E-state index in [9.17, 15) is 13.3 Å². The Balaban J connectivity index is 1.47. The van der Waals surface area contributed by atoms with Crippen molar-refractivity contribution in [3.63, 3.8) is 0 Å². The number of hydrogen-bond donors (Lipinski definition) is 2. The molecule has 1 atom stereocenters. The van der Waals surface area contributed by atoms with Crippen molar-refractivity contribution in [2.45, 2.75) is 24.9 Å². The van der Waals surface area contributed by atoms with Gasteiger partial charge in [0.2, 0.25) is 0 Å². The van der Waals surface area contributed by atoms with E-state index in [0.29, 0.717) is 50.4 Å². The van der Waals surface area contributed by atoms with E-state index in [0.717, 1.165) is 16.5 Å². The van der Waals surface area contributed by atoms with Crippen LogP contribution in [0.4, 0.5) is 23.4 Å². The summed E-state index contributed by atoms with van der Waals surface area (Å²) in [4.78, 5) is 9.60. The van der Waals surface area contributed by atoms with Crippen molar-refractivity contribution < 1.29 is 22.6 Å². The number of benzene rings is 2. The quantitative estimate of drug-likeness (QED) is 0.325. The molecule has 3 aromatic rings. The highest BCUT2D eigenvalue weighted by atomic mass is 32.2. The van der Waals surface area contributed by atoms with Crippen LogP contribution in [-0.2, 0) is 6.42 Å². The lowest BCUT2D eigenvalue weighted by Crippen LogP contribution is -2.54. The molecule has 34 heavy (non-hydrogen) atoms. The maximum Gasteiger partial charge on any atom is 0.182 e. The minimum atomic E-state index is -0.631. The standard InChI is InChI=1S/C24H26F4N4OS/c1-34-32-8-5-17-18-9-14(26)3-4-20(18)30-23(17)24(32)22-19(27)10-15(11-21(22)33-28)29-16-12-31(13-16)7-2-6-25/h3-4,9-11,16,24,29-30H,2,5-8,12-13H2,1H3. The molecule has 2 aliphatic rings. The lowest BCUT2D eigenvalue weighted by atomic mass is 9.93. The summed E-state index contributed by atoms with van der Waals surface area (Å²) in [5, 5.41) is 3.97. The molecule has 2 aromatic carbocycles. The van der Waals surface area contributed by atoms with Gasteiger partial charge < -0.3 is 10.3 Å². The first-order valence-electron chi connectivity index (χ1n) is 11.3. The van der Waals surface area contributed by atoms with Crippen LogP contribution in [0.15, 0.2) is 30.3 Å². The highest BCUT2D eigenvalue weighted by Gasteiger charge is 2.36. The van der Waals surface area contributed by atoms with E-state index in [1.54, 1.807) is 6.07 Å². The molecule has 1 aromatic heterocycles. The highest BCUT2D eigenvalue weighted by Crippen LogP contribution is 2.45. The number of aromatic amines is 1. The summed E-state index contributed by atoms with van der Waals surface area (Å²) in [5.41, 5.74) is 2.88. The summed E-state index contributed by atoms with van der Waals surface area (Å²) in [7, 11) is 0. The predicted molar refractivity (Wildman–Crippen MR) is 127 cm³/mol. The Kier molecular flexibility index (Phi) is 6.63. The largest absolute Gasteiger partial charge is 0.380 e. The third-order valence-electron chi connectivity index (χ3n) is 6.66. The zero-order chi connectivity index (χ0) is 23.8. The minimum Gasteiger partial charge on any atom is -0.380 e. The molecule has 0 aliphatic carbocycles. The summed E-state index contributed by atoms with van der Waals surface area (Å²) in [6.07, 6.45) is 3.03. The summed E-state index contributed by atoms with van der Waals surface area (Å²) in [6, 6.07) is 6.78. The normalized spacial score (nSPS) is 19.3. The smallest absolute Gasteiger partial charge is 0.182 e. The average Bonchev–Trinajstić information content (AvgIpc) is 3.17. The Bertz CT molecular complexity index is 1180. The number of aromatic nitrogens is 1. The number of nitrogens with one attached hydrogen (secondary N) is 2. The first-order chi connectivity index (χ1) is 16.5. The number of fused-ring (bicyclic) bond motifs is 3. The summed E-state index contributed by atoms with van der Waals surface area (Å²) >= 11 is 1.43. The number of hydrogen-bond acceptors (Lipinski definition) is 5. The lowest BCUT2D eigenvalue weighted by molar-refractivity contribution is -0.00858. The monoisotopic (exact) mass is 494 g/mol. The molecule has 2 aliphatic heterocycles. The summed E-state index contributed by atoms with van der Waals surface area (Å²) < 4.78 is 57.6. The molecule has 0 radical (unpaired) electrons. The number of halogens is 4. The van der Waals surface area contributed by atoms with Gasteiger partial charge in [-0.05, 0) is 48.9 Å². The van der Waals surface area contributed by atoms with Crippen molar-refractivity contribution >= 4 is 28.5 Å². The highest BCUT2D eigenvalue weighted by molar-refractivity contribution is 7.96. The van der Waals surface area contributed by atoms with Crippen LogP contribution < -0.4 is 10.3 Å². The van der Waals surface area contributed by atoms with Gasteiger partial charge in [-0.15, -0.1) is 0 Å². The number of rotatable bonds is 8. The molecule has 5 nitrogen and oxygen atoms in total. The topological polar surface area (TPSA) is 43.5 Å². The van der Waals surface area contributed by atoms with Gasteiger partial charge in [-0.25, -0.2) is 13.1 Å². The summed E-state index contributed by atoms with van der Waals surface area (Å²) in [6.45, 7) is 2.35. The van der Waals surface area contributed by atoms with Crippen LogP contribution in [0.2, 0.25) is 0 Å². The number of H-pyrrole nitrogens is 1. The molecule has 10 heteroatoms. The fourth-order valence-corrected chi connectivity index (χ4v) is 5.79. The van der Waals surface area contributed by atoms with Crippen molar-refractivity contribution in [2.24, 2.45) is 0 Å². The zero-order valence-electron chi connectivity index (χ0n) is 18.7. The van der Waals surface area contributed by atoms with E-state index >= 15 is 4.39 Å². The Morgan fingerprint density at radius 3 is 2.76 bits per heavy atom. The van der Waals surface area contributed by atoms with E-state index in [1.165, 1.54) is 36.2 Å². The van der Waals surface area contributed by atoms with Gasteiger partial charge in [0, 0.05) is 59.1 Å². The van der Waals surface area contributed by atoms with Crippen LogP contribution in [0.5, 0.6) is 5.75 Å². The van der Waals surface area contributed by atoms with Crippen LogP contribution >= 0.6 is 11.9 Å². The second kappa shape index (κ2) is 9.67.